The zero-order chi connectivity index (χ0) is 16.5. The average molecular weight is 315 g/mol. The number of hydrogen-bond acceptors (Lipinski definition) is 2. The molecule has 1 amide bonds. The first-order chi connectivity index (χ1) is 11.7. The summed E-state index contributed by atoms with van der Waals surface area (Å²) in [6.45, 7) is 2.40. The number of carbonyl (C=O) groups excluding carboxylic acids is 1. The number of carbonyl (C=O) groups is 1. The Hall–Kier alpha value is -3.14. The molecule has 0 fully saturated rings. The Labute approximate surface area is 139 Å². The second kappa shape index (κ2) is 5.81. The molecule has 0 saturated heterocycles. The van der Waals surface area contributed by atoms with Crippen LogP contribution in [0.3, 0.4) is 0 Å². The molecule has 2 heterocycles. The van der Waals surface area contributed by atoms with Crippen LogP contribution in [-0.4, -0.2) is 15.3 Å². The lowest BCUT2D eigenvalue weighted by atomic mass is 10.1. The van der Waals surface area contributed by atoms with E-state index in [0.29, 0.717) is 12.1 Å². The normalized spacial score (nSPS) is 11.0. The van der Waals surface area contributed by atoms with Gasteiger partial charge in [-0.15, -0.1) is 0 Å². The molecule has 0 aliphatic heterocycles. The molecule has 24 heavy (non-hydrogen) atoms. The number of aryl methyl sites for hydroxylation is 1. The molecule has 0 radical (unpaired) electrons. The lowest BCUT2D eigenvalue weighted by Gasteiger charge is -2.10. The van der Waals surface area contributed by atoms with Crippen molar-refractivity contribution in [2.75, 3.05) is 0 Å². The van der Waals surface area contributed by atoms with Crippen LogP contribution in [0.2, 0.25) is 0 Å². The Balaban J connectivity index is 1.65. The summed E-state index contributed by atoms with van der Waals surface area (Å²) in [6, 6.07) is 19.6. The molecule has 0 aliphatic carbocycles. The van der Waals surface area contributed by atoms with Gasteiger partial charge < -0.3 is 9.72 Å². The van der Waals surface area contributed by atoms with Crippen molar-refractivity contribution in [2.24, 2.45) is 0 Å². The lowest BCUT2D eigenvalue weighted by molar-refractivity contribution is 0.0950. The minimum Gasteiger partial charge on any atom is -0.346 e. The summed E-state index contributed by atoms with van der Waals surface area (Å²) in [5, 5.41) is 2.97. The van der Waals surface area contributed by atoms with E-state index in [0.717, 1.165) is 27.8 Å². The minimum absolute atomic E-state index is 0.0883. The van der Waals surface area contributed by atoms with Gasteiger partial charge in [-0.25, -0.2) is 4.98 Å². The van der Waals surface area contributed by atoms with E-state index in [2.05, 4.69) is 9.72 Å². The summed E-state index contributed by atoms with van der Waals surface area (Å²) in [5.41, 5.74) is 5.65. The topological polar surface area (TPSA) is 46.4 Å². The molecule has 0 bridgehead atoms. The third kappa shape index (κ3) is 2.52. The molecular weight excluding hydrogens is 298 g/mol. The van der Waals surface area contributed by atoms with Gasteiger partial charge in [0, 0.05) is 11.8 Å². The van der Waals surface area contributed by atoms with E-state index in [1.807, 2.05) is 73.8 Å². The number of hydrogen-bond donors (Lipinski definition) is 1. The van der Waals surface area contributed by atoms with Crippen molar-refractivity contribution in [2.45, 2.75) is 13.5 Å². The molecule has 2 aromatic heterocycles. The summed E-state index contributed by atoms with van der Waals surface area (Å²) in [4.78, 5) is 17.0. The van der Waals surface area contributed by atoms with Gasteiger partial charge in [0.2, 0.25) is 0 Å². The van der Waals surface area contributed by atoms with E-state index < -0.39 is 0 Å². The number of aromatic nitrogens is 2. The molecule has 0 unspecified atom stereocenters. The number of nitrogens with zero attached hydrogens (tertiary/aromatic N) is 2. The summed E-state index contributed by atoms with van der Waals surface area (Å²) >= 11 is 0. The Morgan fingerprint density at radius 3 is 2.58 bits per heavy atom. The predicted octanol–water partition coefficient (Wildman–Crippen LogP) is 3.73. The minimum atomic E-state index is -0.0883. The highest BCUT2D eigenvalue weighted by Crippen LogP contribution is 2.18. The van der Waals surface area contributed by atoms with E-state index >= 15 is 0 Å². The molecule has 118 valence electrons. The van der Waals surface area contributed by atoms with Crippen LogP contribution in [-0.2, 0) is 6.54 Å². The number of amides is 1. The van der Waals surface area contributed by atoms with Crippen molar-refractivity contribution in [3.8, 4) is 0 Å². The van der Waals surface area contributed by atoms with Crippen LogP contribution in [0.1, 0.15) is 21.6 Å². The molecule has 4 nitrogen and oxygen atoms in total. The number of rotatable bonds is 3. The van der Waals surface area contributed by atoms with Crippen molar-refractivity contribution >= 4 is 22.5 Å². The van der Waals surface area contributed by atoms with Crippen LogP contribution < -0.4 is 5.32 Å². The van der Waals surface area contributed by atoms with Crippen molar-refractivity contribution in [1.82, 2.24) is 14.7 Å². The molecule has 2 aromatic carbocycles. The summed E-state index contributed by atoms with van der Waals surface area (Å²) in [6.07, 6.45) is 2.02. The van der Waals surface area contributed by atoms with E-state index in [-0.39, 0.29) is 5.91 Å². The summed E-state index contributed by atoms with van der Waals surface area (Å²) < 4.78 is 2.11. The van der Waals surface area contributed by atoms with Crippen LogP contribution >= 0.6 is 0 Å². The van der Waals surface area contributed by atoms with Gasteiger partial charge in [-0.3, -0.25) is 4.79 Å². The third-order valence-corrected chi connectivity index (χ3v) is 4.17. The van der Waals surface area contributed by atoms with Crippen LogP contribution in [0.15, 0.2) is 66.9 Å². The van der Waals surface area contributed by atoms with Crippen LogP contribution in [0.4, 0.5) is 0 Å². The van der Waals surface area contributed by atoms with E-state index in [9.17, 15) is 4.79 Å². The van der Waals surface area contributed by atoms with Gasteiger partial charge in [0.25, 0.3) is 5.91 Å². The molecule has 4 aromatic rings. The maximum absolute atomic E-state index is 12.3. The van der Waals surface area contributed by atoms with Crippen LogP contribution in [0.25, 0.3) is 16.6 Å². The Morgan fingerprint density at radius 1 is 1.00 bits per heavy atom. The number of benzene rings is 2. The first-order valence-corrected chi connectivity index (χ1v) is 7.92. The maximum atomic E-state index is 12.3. The smallest absolute Gasteiger partial charge is 0.251 e. The molecule has 0 atom stereocenters. The van der Waals surface area contributed by atoms with Gasteiger partial charge in [0.15, 0.2) is 0 Å². The van der Waals surface area contributed by atoms with E-state index in [1.165, 1.54) is 0 Å². The molecule has 4 rings (SSSR count). The zero-order valence-electron chi connectivity index (χ0n) is 13.4. The van der Waals surface area contributed by atoms with Gasteiger partial charge in [0.1, 0.15) is 0 Å². The average Bonchev–Trinajstić information content (AvgIpc) is 3.10. The first kappa shape index (κ1) is 14.5. The number of fused-ring (bicyclic) bond motifs is 3. The Morgan fingerprint density at radius 2 is 1.75 bits per heavy atom. The van der Waals surface area contributed by atoms with Crippen LogP contribution in [0, 0.1) is 6.92 Å². The van der Waals surface area contributed by atoms with Gasteiger partial charge >= 0.3 is 0 Å². The molecular formula is C20H17N3O. The highest BCUT2D eigenvalue weighted by atomic mass is 16.1. The Kier molecular flexibility index (Phi) is 3.50. The second-order valence-corrected chi connectivity index (χ2v) is 5.86. The Bertz CT molecular complexity index is 1030. The fraction of sp³-hybridized carbons (Fsp3) is 0.100. The van der Waals surface area contributed by atoms with Crippen LogP contribution in [0.5, 0.6) is 0 Å². The fourth-order valence-corrected chi connectivity index (χ4v) is 2.89. The quantitative estimate of drug-likeness (QED) is 0.626. The SMILES string of the molecule is Cc1ccc(C(=O)NCc2nc3ccccc3n3cccc23)cc1. The summed E-state index contributed by atoms with van der Waals surface area (Å²) in [5.74, 6) is -0.0883. The number of para-hydroxylation sites is 2. The maximum Gasteiger partial charge on any atom is 0.251 e. The highest BCUT2D eigenvalue weighted by Gasteiger charge is 2.10. The highest BCUT2D eigenvalue weighted by molar-refractivity contribution is 5.94. The summed E-state index contributed by atoms with van der Waals surface area (Å²) in [7, 11) is 0. The lowest BCUT2D eigenvalue weighted by Crippen LogP contribution is -2.23. The molecule has 4 heteroatoms. The van der Waals surface area contributed by atoms with Gasteiger partial charge in [-0.2, -0.15) is 0 Å². The number of nitrogens with one attached hydrogen (secondary N) is 1. The molecule has 0 spiro atoms. The largest absolute Gasteiger partial charge is 0.346 e. The molecule has 0 aliphatic rings. The zero-order valence-corrected chi connectivity index (χ0v) is 13.4. The third-order valence-electron chi connectivity index (χ3n) is 4.17. The second-order valence-electron chi connectivity index (χ2n) is 5.86. The van der Waals surface area contributed by atoms with Gasteiger partial charge in [-0.1, -0.05) is 29.8 Å². The van der Waals surface area contributed by atoms with Crippen molar-refractivity contribution in [3.05, 3.63) is 83.7 Å². The van der Waals surface area contributed by atoms with Gasteiger partial charge in [0.05, 0.1) is 28.8 Å². The monoisotopic (exact) mass is 315 g/mol. The molecule has 1 N–H and O–H groups in total. The van der Waals surface area contributed by atoms with Crippen molar-refractivity contribution in [1.29, 1.82) is 0 Å². The van der Waals surface area contributed by atoms with Gasteiger partial charge in [-0.05, 0) is 43.3 Å². The van der Waals surface area contributed by atoms with E-state index in [1.54, 1.807) is 0 Å². The predicted molar refractivity (Wildman–Crippen MR) is 95.0 cm³/mol. The van der Waals surface area contributed by atoms with E-state index in [4.69, 9.17) is 4.98 Å². The first-order valence-electron chi connectivity index (χ1n) is 7.92. The fourth-order valence-electron chi connectivity index (χ4n) is 2.89. The molecule has 0 saturated carbocycles. The standard InChI is InChI=1S/C20H17N3O/c1-14-8-10-15(11-9-14)20(24)21-13-17-19-7-4-12-23(19)18-6-3-2-5-16(18)22-17/h2-12H,13H2,1H3,(H,21,24). The van der Waals surface area contributed by atoms with Crippen molar-refractivity contribution in [3.63, 3.8) is 0 Å². The van der Waals surface area contributed by atoms with Crippen molar-refractivity contribution < 1.29 is 4.79 Å².